The van der Waals surface area contributed by atoms with Crippen LogP contribution in [0.3, 0.4) is 0 Å². The number of likely N-dealkylation sites (tertiary alicyclic amines) is 1. The fraction of sp³-hybridized carbons (Fsp3) is 0.529. The van der Waals surface area contributed by atoms with Crippen molar-refractivity contribution in [3.8, 4) is 11.4 Å². The van der Waals surface area contributed by atoms with E-state index in [9.17, 15) is 4.79 Å². The molecule has 0 N–H and O–H groups in total. The molecule has 6 nitrogen and oxygen atoms in total. The third kappa shape index (κ3) is 2.68. The molecule has 1 amide bonds. The average Bonchev–Trinajstić information content (AvgIpc) is 3.05. The first-order chi connectivity index (χ1) is 11.7. The van der Waals surface area contributed by atoms with E-state index in [1.54, 1.807) is 29.4 Å². The summed E-state index contributed by atoms with van der Waals surface area (Å²) in [7, 11) is 0. The van der Waals surface area contributed by atoms with Crippen LogP contribution < -0.4 is 0 Å². The summed E-state index contributed by atoms with van der Waals surface area (Å²) in [6, 6.07) is 3.49. The summed E-state index contributed by atoms with van der Waals surface area (Å²) in [5.41, 5.74) is -1.04. The van der Waals surface area contributed by atoms with Gasteiger partial charge in [-0.1, -0.05) is 11.6 Å². The number of nitrogens with zero attached hydrogens (tertiary/aromatic N) is 4. The second-order valence-corrected chi connectivity index (χ2v) is 6.62. The SMILES string of the molecule is O=C(C1CCC1)N1CCCC(F)(c2nc(-c3ccncc3)no2)C1. The van der Waals surface area contributed by atoms with Crippen LogP contribution >= 0.6 is 0 Å². The van der Waals surface area contributed by atoms with Crippen LogP contribution in [-0.2, 0) is 10.5 Å². The minimum absolute atomic E-state index is 0.000309. The molecule has 0 bridgehead atoms. The minimum Gasteiger partial charge on any atom is -0.339 e. The van der Waals surface area contributed by atoms with Crippen molar-refractivity contribution in [2.24, 2.45) is 5.92 Å². The van der Waals surface area contributed by atoms with E-state index in [-0.39, 0.29) is 24.3 Å². The molecule has 1 saturated carbocycles. The van der Waals surface area contributed by atoms with Gasteiger partial charge >= 0.3 is 0 Å². The summed E-state index contributed by atoms with van der Waals surface area (Å²) in [4.78, 5) is 22.2. The second-order valence-electron chi connectivity index (χ2n) is 6.62. The van der Waals surface area contributed by atoms with Crippen molar-refractivity contribution in [3.05, 3.63) is 30.4 Å². The van der Waals surface area contributed by atoms with Crippen molar-refractivity contribution in [2.75, 3.05) is 13.1 Å². The van der Waals surface area contributed by atoms with Gasteiger partial charge in [-0.2, -0.15) is 4.98 Å². The lowest BCUT2D eigenvalue weighted by molar-refractivity contribution is -0.143. The van der Waals surface area contributed by atoms with E-state index in [0.717, 1.165) is 24.8 Å². The van der Waals surface area contributed by atoms with E-state index in [4.69, 9.17) is 4.52 Å². The van der Waals surface area contributed by atoms with E-state index >= 15 is 4.39 Å². The van der Waals surface area contributed by atoms with Gasteiger partial charge < -0.3 is 9.42 Å². The highest BCUT2D eigenvalue weighted by molar-refractivity contribution is 5.79. The maximum atomic E-state index is 15.4. The first kappa shape index (κ1) is 15.2. The zero-order valence-corrected chi connectivity index (χ0v) is 13.3. The fourth-order valence-electron chi connectivity index (χ4n) is 3.31. The Labute approximate surface area is 139 Å². The summed E-state index contributed by atoms with van der Waals surface area (Å²) in [5, 5.41) is 3.88. The number of hydrogen-bond acceptors (Lipinski definition) is 5. The van der Waals surface area contributed by atoms with E-state index in [1.807, 2.05) is 0 Å². The number of carbonyl (C=O) groups is 1. The Balaban J connectivity index is 1.54. The third-order valence-electron chi connectivity index (χ3n) is 4.96. The van der Waals surface area contributed by atoms with Crippen LogP contribution in [0.15, 0.2) is 29.0 Å². The Kier molecular flexibility index (Phi) is 3.78. The Morgan fingerprint density at radius 3 is 2.79 bits per heavy atom. The molecule has 1 aliphatic carbocycles. The predicted octanol–water partition coefficient (Wildman–Crippen LogP) is 2.72. The van der Waals surface area contributed by atoms with E-state index < -0.39 is 5.67 Å². The molecule has 1 saturated heterocycles. The number of halogens is 1. The van der Waals surface area contributed by atoms with Gasteiger partial charge in [0, 0.05) is 30.4 Å². The molecule has 3 heterocycles. The molecule has 0 spiro atoms. The molecule has 1 aliphatic heterocycles. The number of pyridine rings is 1. The van der Waals surface area contributed by atoms with Gasteiger partial charge in [-0.05, 0) is 37.8 Å². The molecule has 7 heteroatoms. The molecular weight excluding hydrogens is 311 g/mol. The minimum atomic E-state index is -1.77. The first-order valence-electron chi connectivity index (χ1n) is 8.38. The van der Waals surface area contributed by atoms with Crippen molar-refractivity contribution in [2.45, 2.75) is 37.8 Å². The highest BCUT2D eigenvalue weighted by Gasteiger charge is 2.45. The number of aromatic nitrogens is 3. The van der Waals surface area contributed by atoms with Crippen LogP contribution in [0.1, 0.15) is 38.0 Å². The first-order valence-corrected chi connectivity index (χ1v) is 8.38. The van der Waals surface area contributed by atoms with Gasteiger partial charge in [-0.3, -0.25) is 9.78 Å². The normalized spacial score (nSPS) is 24.6. The zero-order valence-electron chi connectivity index (χ0n) is 13.3. The van der Waals surface area contributed by atoms with Gasteiger partial charge in [0.25, 0.3) is 5.89 Å². The Morgan fingerprint density at radius 1 is 1.29 bits per heavy atom. The summed E-state index contributed by atoms with van der Waals surface area (Å²) in [5.74, 6) is 0.437. The van der Waals surface area contributed by atoms with Crippen molar-refractivity contribution in [1.29, 1.82) is 0 Å². The van der Waals surface area contributed by atoms with Gasteiger partial charge in [0.05, 0.1) is 6.54 Å². The molecular formula is C17H19FN4O2. The number of alkyl halides is 1. The number of piperidine rings is 1. The van der Waals surface area contributed by atoms with Crippen LogP contribution in [0.2, 0.25) is 0 Å². The second kappa shape index (κ2) is 5.96. The van der Waals surface area contributed by atoms with Crippen LogP contribution in [0.4, 0.5) is 4.39 Å². The van der Waals surface area contributed by atoms with Crippen molar-refractivity contribution in [3.63, 3.8) is 0 Å². The number of carbonyl (C=O) groups excluding carboxylic acids is 1. The number of rotatable bonds is 3. The maximum absolute atomic E-state index is 15.4. The monoisotopic (exact) mass is 330 g/mol. The van der Waals surface area contributed by atoms with E-state index in [1.165, 1.54) is 0 Å². The molecule has 2 aliphatic rings. The highest BCUT2D eigenvalue weighted by Crippen LogP contribution is 2.37. The Morgan fingerprint density at radius 2 is 2.08 bits per heavy atom. The predicted molar refractivity (Wildman–Crippen MR) is 83.5 cm³/mol. The molecule has 0 radical (unpaired) electrons. The molecule has 24 heavy (non-hydrogen) atoms. The molecule has 1 atom stereocenters. The summed E-state index contributed by atoms with van der Waals surface area (Å²) in [6.07, 6.45) is 7.06. The zero-order chi connectivity index (χ0) is 16.6. The Hall–Kier alpha value is -2.31. The van der Waals surface area contributed by atoms with Crippen molar-refractivity contribution >= 4 is 5.91 Å². The van der Waals surface area contributed by atoms with Gasteiger partial charge in [0.15, 0.2) is 0 Å². The maximum Gasteiger partial charge on any atom is 0.266 e. The van der Waals surface area contributed by atoms with Gasteiger partial charge in [-0.25, -0.2) is 4.39 Å². The molecule has 2 aromatic heterocycles. The van der Waals surface area contributed by atoms with Gasteiger partial charge in [0.2, 0.25) is 17.4 Å². The number of amides is 1. The molecule has 126 valence electrons. The van der Waals surface area contributed by atoms with E-state index in [2.05, 4.69) is 15.1 Å². The lowest BCUT2D eigenvalue weighted by Gasteiger charge is -2.38. The smallest absolute Gasteiger partial charge is 0.266 e. The number of hydrogen-bond donors (Lipinski definition) is 0. The Bertz CT molecular complexity index is 731. The fourth-order valence-corrected chi connectivity index (χ4v) is 3.31. The van der Waals surface area contributed by atoms with Crippen LogP contribution in [0.5, 0.6) is 0 Å². The molecule has 2 aromatic rings. The molecule has 4 rings (SSSR count). The average molecular weight is 330 g/mol. The molecule has 0 aromatic carbocycles. The quantitative estimate of drug-likeness (QED) is 0.865. The highest BCUT2D eigenvalue weighted by atomic mass is 19.1. The summed E-state index contributed by atoms with van der Waals surface area (Å²) >= 11 is 0. The van der Waals surface area contributed by atoms with Gasteiger partial charge in [0.1, 0.15) is 0 Å². The van der Waals surface area contributed by atoms with Crippen molar-refractivity contribution in [1.82, 2.24) is 20.0 Å². The molecule has 2 fully saturated rings. The van der Waals surface area contributed by atoms with E-state index in [0.29, 0.717) is 25.2 Å². The topological polar surface area (TPSA) is 72.1 Å². The lowest BCUT2D eigenvalue weighted by Crippen LogP contribution is -2.49. The van der Waals surface area contributed by atoms with Crippen LogP contribution in [0, 0.1) is 5.92 Å². The molecule has 1 unspecified atom stereocenters. The summed E-state index contributed by atoms with van der Waals surface area (Å²) < 4.78 is 20.6. The lowest BCUT2D eigenvalue weighted by atomic mass is 9.83. The standard InChI is InChI=1S/C17H19FN4O2/c18-17(7-2-10-22(11-17)15(23)13-3-1-4-13)16-20-14(21-24-16)12-5-8-19-9-6-12/h5-6,8-9,13H,1-4,7,10-11H2. The largest absolute Gasteiger partial charge is 0.339 e. The summed E-state index contributed by atoms with van der Waals surface area (Å²) in [6.45, 7) is 0.604. The van der Waals surface area contributed by atoms with Crippen LogP contribution in [0.25, 0.3) is 11.4 Å². The van der Waals surface area contributed by atoms with Crippen LogP contribution in [-0.4, -0.2) is 39.0 Å². The van der Waals surface area contributed by atoms with Gasteiger partial charge in [-0.15, -0.1) is 0 Å². The third-order valence-corrected chi connectivity index (χ3v) is 4.96. The van der Waals surface area contributed by atoms with Crippen molar-refractivity contribution < 1.29 is 13.7 Å².